The first-order valence-corrected chi connectivity index (χ1v) is 5.06. The third kappa shape index (κ3) is 1.77. The molecule has 0 fully saturated rings. The van der Waals surface area contributed by atoms with Crippen LogP contribution >= 0.6 is 0 Å². The van der Waals surface area contributed by atoms with Crippen LogP contribution in [0, 0.1) is 27.7 Å². The minimum atomic E-state index is 0.812. The van der Waals surface area contributed by atoms with E-state index in [2.05, 4.69) is 42.1 Å². The molecule has 0 saturated heterocycles. The predicted molar refractivity (Wildman–Crippen MR) is 60.3 cm³/mol. The highest BCUT2D eigenvalue weighted by Gasteiger charge is 2.07. The molecular formula is C12H15N3. The average molecular weight is 201 g/mol. The van der Waals surface area contributed by atoms with E-state index in [0.717, 1.165) is 17.3 Å². The summed E-state index contributed by atoms with van der Waals surface area (Å²) in [5.74, 6) is 1.74. The molecule has 3 nitrogen and oxygen atoms in total. The number of hydrogen-bond donors (Lipinski definition) is 0. The molecule has 0 radical (unpaired) electrons. The molecule has 1 aromatic heterocycles. The fourth-order valence-corrected chi connectivity index (χ4v) is 1.79. The van der Waals surface area contributed by atoms with Gasteiger partial charge in [0.15, 0.2) is 0 Å². The Balaban J connectivity index is 2.59. The summed E-state index contributed by atoms with van der Waals surface area (Å²) in [6.45, 7) is 8.07. The van der Waals surface area contributed by atoms with Crippen LogP contribution in [0.25, 0.3) is 5.69 Å². The van der Waals surface area contributed by atoms with E-state index in [1.54, 1.807) is 0 Å². The maximum atomic E-state index is 4.38. The zero-order valence-electron chi connectivity index (χ0n) is 9.57. The van der Waals surface area contributed by atoms with E-state index in [9.17, 15) is 0 Å². The van der Waals surface area contributed by atoms with E-state index in [0.29, 0.717) is 0 Å². The number of aromatic nitrogens is 3. The van der Waals surface area contributed by atoms with Crippen LogP contribution in [0.1, 0.15) is 22.8 Å². The zero-order valence-corrected chi connectivity index (χ0v) is 9.57. The lowest BCUT2D eigenvalue weighted by Crippen LogP contribution is -2.01. The molecule has 0 bridgehead atoms. The Labute approximate surface area is 89.8 Å². The fourth-order valence-electron chi connectivity index (χ4n) is 1.79. The molecule has 78 valence electrons. The minimum Gasteiger partial charge on any atom is -0.218 e. The Hall–Kier alpha value is -1.64. The molecule has 15 heavy (non-hydrogen) atoms. The summed E-state index contributed by atoms with van der Waals surface area (Å²) in [5.41, 5.74) is 3.60. The highest BCUT2D eigenvalue weighted by atomic mass is 15.3. The van der Waals surface area contributed by atoms with Crippen LogP contribution in [0.2, 0.25) is 0 Å². The van der Waals surface area contributed by atoms with E-state index in [1.165, 1.54) is 11.1 Å². The van der Waals surface area contributed by atoms with Crippen LogP contribution in [-0.4, -0.2) is 14.8 Å². The topological polar surface area (TPSA) is 30.7 Å². The quantitative estimate of drug-likeness (QED) is 0.709. The van der Waals surface area contributed by atoms with Crippen LogP contribution in [-0.2, 0) is 0 Å². The van der Waals surface area contributed by atoms with Gasteiger partial charge in [-0.1, -0.05) is 17.7 Å². The van der Waals surface area contributed by atoms with Crippen molar-refractivity contribution in [2.75, 3.05) is 0 Å². The van der Waals surface area contributed by atoms with Gasteiger partial charge in [0.1, 0.15) is 11.6 Å². The molecule has 0 amide bonds. The van der Waals surface area contributed by atoms with Crippen molar-refractivity contribution in [1.29, 1.82) is 0 Å². The van der Waals surface area contributed by atoms with Gasteiger partial charge in [-0.15, -0.1) is 0 Å². The molecule has 0 spiro atoms. The van der Waals surface area contributed by atoms with Crippen LogP contribution in [0.3, 0.4) is 0 Å². The van der Waals surface area contributed by atoms with Crippen molar-refractivity contribution in [1.82, 2.24) is 14.8 Å². The van der Waals surface area contributed by atoms with Crippen molar-refractivity contribution in [2.24, 2.45) is 0 Å². The van der Waals surface area contributed by atoms with Gasteiger partial charge in [-0.3, -0.25) is 0 Å². The fraction of sp³-hybridized carbons (Fsp3) is 0.333. The summed E-state index contributed by atoms with van der Waals surface area (Å²) in [7, 11) is 0. The van der Waals surface area contributed by atoms with Gasteiger partial charge in [-0.05, 0) is 39.3 Å². The summed E-state index contributed by atoms with van der Waals surface area (Å²) in [6, 6.07) is 6.34. The SMILES string of the molecule is Cc1ccc(-n2nc(C)nc2C)c(C)c1. The summed E-state index contributed by atoms with van der Waals surface area (Å²) in [6.07, 6.45) is 0. The summed E-state index contributed by atoms with van der Waals surface area (Å²) >= 11 is 0. The Kier molecular flexibility index (Phi) is 2.31. The largest absolute Gasteiger partial charge is 0.218 e. The van der Waals surface area contributed by atoms with Crippen LogP contribution in [0.15, 0.2) is 18.2 Å². The van der Waals surface area contributed by atoms with Gasteiger partial charge in [-0.2, -0.15) is 5.10 Å². The van der Waals surface area contributed by atoms with Crippen molar-refractivity contribution in [3.63, 3.8) is 0 Å². The first-order chi connectivity index (χ1) is 7.08. The van der Waals surface area contributed by atoms with Gasteiger partial charge in [0.2, 0.25) is 0 Å². The second-order valence-corrected chi connectivity index (χ2v) is 3.91. The molecule has 1 aromatic carbocycles. The highest BCUT2D eigenvalue weighted by molar-refractivity contribution is 5.42. The van der Waals surface area contributed by atoms with Gasteiger partial charge in [0.25, 0.3) is 0 Å². The monoisotopic (exact) mass is 201 g/mol. The third-order valence-corrected chi connectivity index (χ3v) is 2.46. The highest BCUT2D eigenvalue weighted by Crippen LogP contribution is 2.16. The molecule has 0 N–H and O–H groups in total. The normalized spacial score (nSPS) is 10.7. The number of nitrogens with zero attached hydrogens (tertiary/aromatic N) is 3. The number of benzene rings is 1. The standard InChI is InChI=1S/C12H15N3/c1-8-5-6-12(9(2)7-8)15-11(4)13-10(3)14-15/h5-7H,1-4H3. The van der Waals surface area contributed by atoms with Gasteiger partial charge in [0.05, 0.1) is 5.69 Å². The number of rotatable bonds is 1. The zero-order chi connectivity index (χ0) is 11.0. The van der Waals surface area contributed by atoms with E-state index >= 15 is 0 Å². The van der Waals surface area contributed by atoms with Crippen molar-refractivity contribution in [3.8, 4) is 5.69 Å². The smallest absolute Gasteiger partial charge is 0.148 e. The number of aryl methyl sites for hydroxylation is 4. The van der Waals surface area contributed by atoms with Crippen LogP contribution in [0.5, 0.6) is 0 Å². The third-order valence-electron chi connectivity index (χ3n) is 2.46. The molecule has 0 aliphatic rings. The number of hydrogen-bond acceptors (Lipinski definition) is 2. The minimum absolute atomic E-state index is 0.812. The Morgan fingerprint density at radius 3 is 2.33 bits per heavy atom. The molecule has 2 rings (SSSR count). The van der Waals surface area contributed by atoms with Gasteiger partial charge in [0, 0.05) is 0 Å². The van der Waals surface area contributed by atoms with E-state index in [1.807, 2.05) is 18.5 Å². The second kappa shape index (κ2) is 3.50. The lowest BCUT2D eigenvalue weighted by molar-refractivity contribution is 0.824. The van der Waals surface area contributed by atoms with Crippen LogP contribution in [0.4, 0.5) is 0 Å². The average Bonchev–Trinajstić information content (AvgIpc) is 2.45. The van der Waals surface area contributed by atoms with Crippen molar-refractivity contribution >= 4 is 0 Å². The van der Waals surface area contributed by atoms with E-state index in [4.69, 9.17) is 0 Å². The molecule has 0 saturated carbocycles. The molecule has 1 heterocycles. The Morgan fingerprint density at radius 1 is 1.07 bits per heavy atom. The first kappa shape index (κ1) is 9.90. The Morgan fingerprint density at radius 2 is 1.80 bits per heavy atom. The van der Waals surface area contributed by atoms with Gasteiger partial charge in [-0.25, -0.2) is 9.67 Å². The molecule has 0 aliphatic carbocycles. The molecule has 0 aliphatic heterocycles. The summed E-state index contributed by atoms with van der Waals surface area (Å²) < 4.78 is 1.89. The second-order valence-electron chi connectivity index (χ2n) is 3.91. The van der Waals surface area contributed by atoms with Crippen LogP contribution < -0.4 is 0 Å². The maximum absolute atomic E-state index is 4.38. The van der Waals surface area contributed by atoms with E-state index < -0.39 is 0 Å². The molecule has 2 aromatic rings. The predicted octanol–water partition coefficient (Wildman–Crippen LogP) is 2.50. The maximum Gasteiger partial charge on any atom is 0.148 e. The molecule has 3 heteroatoms. The van der Waals surface area contributed by atoms with Gasteiger partial charge >= 0.3 is 0 Å². The molecule has 0 atom stereocenters. The summed E-state index contributed by atoms with van der Waals surface area (Å²) in [4.78, 5) is 4.30. The lowest BCUT2D eigenvalue weighted by Gasteiger charge is -2.07. The summed E-state index contributed by atoms with van der Waals surface area (Å²) in [5, 5.41) is 4.38. The molecule has 0 unspecified atom stereocenters. The van der Waals surface area contributed by atoms with Gasteiger partial charge < -0.3 is 0 Å². The van der Waals surface area contributed by atoms with E-state index in [-0.39, 0.29) is 0 Å². The van der Waals surface area contributed by atoms with Crippen molar-refractivity contribution in [3.05, 3.63) is 41.0 Å². The first-order valence-electron chi connectivity index (χ1n) is 5.06. The molecular weight excluding hydrogens is 186 g/mol. The Bertz CT molecular complexity index is 498. The van der Waals surface area contributed by atoms with Crippen molar-refractivity contribution in [2.45, 2.75) is 27.7 Å². The van der Waals surface area contributed by atoms with Crippen molar-refractivity contribution < 1.29 is 0 Å². The lowest BCUT2D eigenvalue weighted by atomic mass is 10.1.